The van der Waals surface area contributed by atoms with E-state index < -0.39 is 17.8 Å². The van der Waals surface area contributed by atoms with Gasteiger partial charge in [-0.2, -0.15) is 13.2 Å². The standard InChI is InChI=1S/C18H19F3N2O2/c1-23(2)15-5-3-4-13(10-15)17(25)22-11-16(24)12-6-8-14(9-7-12)18(19,20)21/h3-10,16,24H,11H2,1-2H3,(H,22,25). The molecule has 0 aliphatic rings. The molecule has 0 spiro atoms. The molecule has 1 unspecified atom stereocenters. The molecule has 0 radical (unpaired) electrons. The molecule has 1 amide bonds. The molecule has 2 N–H and O–H groups in total. The molecular formula is C18H19F3N2O2. The Hall–Kier alpha value is -2.54. The fraction of sp³-hybridized carbons (Fsp3) is 0.278. The zero-order chi connectivity index (χ0) is 18.6. The van der Waals surface area contributed by atoms with Crippen molar-refractivity contribution in [2.45, 2.75) is 12.3 Å². The molecular weight excluding hydrogens is 333 g/mol. The number of carbonyl (C=O) groups is 1. The summed E-state index contributed by atoms with van der Waals surface area (Å²) in [7, 11) is 3.71. The Kier molecular flexibility index (Phi) is 5.69. The second-order valence-electron chi connectivity index (χ2n) is 5.79. The van der Waals surface area contributed by atoms with Crippen molar-refractivity contribution in [1.82, 2.24) is 5.32 Å². The van der Waals surface area contributed by atoms with Gasteiger partial charge in [-0.25, -0.2) is 0 Å². The molecule has 0 aromatic heterocycles. The number of aliphatic hydroxyl groups excluding tert-OH is 1. The number of rotatable bonds is 5. The van der Waals surface area contributed by atoms with E-state index in [-0.39, 0.29) is 12.5 Å². The van der Waals surface area contributed by atoms with Crippen LogP contribution in [0, 0.1) is 0 Å². The van der Waals surface area contributed by atoms with Gasteiger partial charge in [-0.15, -0.1) is 0 Å². The zero-order valence-corrected chi connectivity index (χ0v) is 13.8. The average molecular weight is 352 g/mol. The fourth-order valence-corrected chi connectivity index (χ4v) is 2.23. The summed E-state index contributed by atoms with van der Waals surface area (Å²) < 4.78 is 37.6. The topological polar surface area (TPSA) is 52.6 Å². The minimum Gasteiger partial charge on any atom is -0.387 e. The van der Waals surface area contributed by atoms with Gasteiger partial charge >= 0.3 is 6.18 Å². The molecule has 1 atom stereocenters. The Morgan fingerprint density at radius 3 is 2.36 bits per heavy atom. The van der Waals surface area contributed by atoms with Crippen molar-refractivity contribution in [3.63, 3.8) is 0 Å². The quantitative estimate of drug-likeness (QED) is 0.869. The molecule has 0 heterocycles. The highest BCUT2D eigenvalue weighted by molar-refractivity contribution is 5.95. The molecule has 0 saturated carbocycles. The summed E-state index contributed by atoms with van der Waals surface area (Å²) in [6, 6.07) is 11.2. The number of anilines is 1. The number of amides is 1. The molecule has 25 heavy (non-hydrogen) atoms. The van der Waals surface area contributed by atoms with Crippen molar-refractivity contribution < 1.29 is 23.1 Å². The Labute approximate surface area is 143 Å². The van der Waals surface area contributed by atoms with Gasteiger partial charge in [-0.05, 0) is 35.9 Å². The van der Waals surface area contributed by atoms with Gasteiger partial charge in [0.05, 0.1) is 11.7 Å². The molecule has 0 aliphatic carbocycles. The van der Waals surface area contributed by atoms with Gasteiger partial charge < -0.3 is 15.3 Å². The summed E-state index contributed by atoms with van der Waals surface area (Å²) in [5.41, 5.74) is 0.810. The van der Waals surface area contributed by atoms with Crippen molar-refractivity contribution in [2.24, 2.45) is 0 Å². The molecule has 4 nitrogen and oxygen atoms in total. The number of nitrogens with zero attached hydrogens (tertiary/aromatic N) is 1. The van der Waals surface area contributed by atoms with Crippen molar-refractivity contribution in [3.8, 4) is 0 Å². The van der Waals surface area contributed by atoms with Crippen LogP contribution in [0.2, 0.25) is 0 Å². The minimum absolute atomic E-state index is 0.101. The van der Waals surface area contributed by atoms with E-state index in [1.165, 1.54) is 12.1 Å². The summed E-state index contributed by atoms with van der Waals surface area (Å²) in [5, 5.41) is 12.6. The van der Waals surface area contributed by atoms with Crippen LogP contribution in [-0.2, 0) is 6.18 Å². The third-order valence-corrected chi connectivity index (χ3v) is 3.70. The molecule has 7 heteroatoms. The predicted molar refractivity (Wildman–Crippen MR) is 89.5 cm³/mol. The first-order chi connectivity index (χ1) is 11.7. The van der Waals surface area contributed by atoms with Gasteiger partial charge in [0, 0.05) is 31.9 Å². The molecule has 0 aliphatic heterocycles. The van der Waals surface area contributed by atoms with E-state index in [2.05, 4.69) is 5.32 Å². The number of hydrogen-bond acceptors (Lipinski definition) is 3. The van der Waals surface area contributed by atoms with E-state index in [4.69, 9.17) is 0 Å². The minimum atomic E-state index is -4.42. The lowest BCUT2D eigenvalue weighted by atomic mass is 10.1. The van der Waals surface area contributed by atoms with Crippen LogP contribution in [-0.4, -0.2) is 31.7 Å². The monoisotopic (exact) mass is 352 g/mol. The van der Waals surface area contributed by atoms with E-state index in [0.717, 1.165) is 17.8 Å². The van der Waals surface area contributed by atoms with Crippen LogP contribution >= 0.6 is 0 Å². The van der Waals surface area contributed by atoms with Crippen LogP contribution in [0.4, 0.5) is 18.9 Å². The molecule has 134 valence electrons. The van der Waals surface area contributed by atoms with E-state index in [9.17, 15) is 23.1 Å². The lowest BCUT2D eigenvalue weighted by Crippen LogP contribution is -2.28. The second kappa shape index (κ2) is 7.57. The molecule has 0 fully saturated rings. The van der Waals surface area contributed by atoms with E-state index in [1.807, 2.05) is 25.1 Å². The molecule has 2 rings (SSSR count). The first-order valence-corrected chi connectivity index (χ1v) is 7.59. The summed E-state index contributed by atoms with van der Waals surface area (Å²) in [6.07, 6.45) is -5.52. The largest absolute Gasteiger partial charge is 0.416 e. The van der Waals surface area contributed by atoms with Gasteiger partial charge in [0.2, 0.25) is 0 Å². The Balaban J connectivity index is 1.98. The van der Waals surface area contributed by atoms with Crippen molar-refractivity contribution in [1.29, 1.82) is 0 Å². The highest BCUT2D eigenvalue weighted by Crippen LogP contribution is 2.29. The lowest BCUT2D eigenvalue weighted by Gasteiger charge is -2.15. The van der Waals surface area contributed by atoms with E-state index in [0.29, 0.717) is 11.1 Å². The van der Waals surface area contributed by atoms with Crippen molar-refractivity contribution in [2.75, 3.05) is 25.5 Å². The van der Waals surface area contributed by atoms with Gasteiger partial charge in [-0.1, -0.05) is 18.2 Å². The van der Waals surface area contributed by atoms with Crippen LogP contribution in [0.3, 0.4) is 0 Å². The lowest BCUT2D eigenvalue weighted by molar-refractivity contribution is -0.137. The SMILES string of the molecule is CN(C)c1cccc(C(=O)NCC(O)c2ccc(C(F)(F)F)cc2)c1. The summed E-state index contributed by atoms with van der Waals surface area (Å²) in [4.78, 5) is 14.0. The smallest absolute Gasteiger partial charge is 0.387 e. The first kappa shape index (κ1) is 18.8. The number of benzene rings is 2. The first-order valence-electron chi connectivity index (χ1n) is 7.59. The zero-order valence-electron chi connectivity index (χ0n) is 13.8. The number of nitrogens with one attached hydrogen (secondary N) is 1. The number of halogens is 3. The molecule has 0 bridgehead atoms. The molecule has 0 saturated heterocycles. The van der Waals surface area contributed by atoms with Crippen molar-refractivity contribution >= 4 is 11.6 Å². The third kappa shape index (κ3) is 4.96. The van der Waals surface area contributed by atoms with Gasteiger partial charge in [0.15, 0.2) is 0 Å². The number of carbonyl (C=O) groups excluding carboxylic acids is 1. The van der Waals surface area contributed by atoms with Crippen LogP contribution in [0.25, 0.3) is 0 Å². The van der Waals surface area contributed by atoms with Gasteiger partial charge in [0.1, 0.15) is 0 Å². The maximum atomic E-state index is 12.5. The van der Waals surface area contributed by atoms with E-state index in [1.54, 1.807) is 18.2 Å². The number of aliphatic hydroxyl groups is 1. The van der Waals surface area contributed by atoms with Gasteiger partial charge in [0.25, 0.3) is 5.91 Å². The van der Waals surface area contributed by atoms with Gasteiger partial charge in [-0.3, -0.25) is 4.79 Å². The number of alkyl halides is 3. The van der Waals surface area contributed by atoms with E-state index >= 15 is 0 Å². The maximum absolute atomic E-state index is 12.5. The summed E-state index contributed by atoms with van der Waals surface area (Å²) in [6.45, 7) is -0.101. The summed E-state index contributed by atoms with van der Waals surface area (Å²) >= 11 is 0. The van der Waals surface area contributed by atoms with Crippen LogP contribution in [0.15, 0.2) is 48.5 Å². The van der Waals surface area contributed by atoms with Crippen molar-refractivity contribution in [3.05, 3.63) is 65.2 Å². The number of hydrogen-bond donors (Lipinski definition) is 2. The second-order valence-corrected chi connectivity index (χ2v) is 5.79. The average Bonchev–Trinajstić information content (AvgIpc) is 2.58. The van der Waals surface area contributed by atoms with Crippen LogP contribution in [0.1, 0.15) is 27.6 Å². The van der Waals surface area contributed by atoms with Crippen LogP contribution < -0.4 is 10.2 Å². The Morgan fingerprint density at radius 2 is 1.80 bits per heavy atom. The fourth-order valence-electron chi connectivity index (χ4n) is 2.23. The Morgan fingerprint density at radius 1 is 1.16 bits per heavy atom. The predicted octanol–water partition coefficient (Wildman–Crippen LogP) is 3.23. The molecule has 2 aromatic rings. The maximum Gasteiger partial charge on any atom is 0.416 e. The highest BCUT2D eigenvalue weighted by Gasteiger charge is 2.30. The highest BCUT2D eigenvalue weighted by atomic mass is 19.4. The Bertz CT molecular complexity index is 728. The molecule has 2 aromatic carbocycles. The summed E-state index contributed by atoms with van der Waals surface area (Å²) in [5.74, 6) is -0.366. The van der Waals surface area contributed by atoms with Crippen LogP contribution in [0.5, 0.6) is 0 Å². The third-order valence-electron chi connectivity index (χ3n) is 3.70. The normalized spacial score (nSPS) is 12.6.